The number of hydrogen-bond acceptors (Lipinski definition) is 5. The van der Waals surface area contributed by atoms with Crippen LogP contribution in [-0.2, 0) is 19.1 Å². The Balaban J connectivity index is 2.60. The van der Waals surface area contributed by atoms with E-state index < -0.39 is 6.10 Å². The molecule has 0 radical (unpaired) electrons. The average molecular weight is 272 g/mol. The molecule has 0 saturated carbocycles. The molecule has 1 fully saturated rings. The highest BCUT2D eigenvalue weighted by Gasteiger charge is 2.28. The molecule has 19 heavy (non-hydrogen) atoms. The summed E-state index contributed by atoms with van der Waals surface area (Å²) in [5.74, 6) is -0.232. The first kappa shape index (κ1) is 15.9. The van der Waals surface area contributed by atoms with E-state index in [1.807, 2.05) is 13.8 Å². The van der Waals surface area contributed by atoms with Gasteiger partial charge in [-0.3, -0.25) is 9.59 Å². The second-order valence-corrected chi connectivity index (χ2v) is 4.98. The maximum atomic E-state index is 12.3. The van der Waals surface area contributed by atoms with Gasteiger partial charge in [0.05, 0.1) is 13.2 Å². The van der Waals surface area contributed by atoms with Crippen molar-refractivity contribution in [2.45, 2.75) is 26.9 Å². The first-order valence-electron chi connectivity index (χ1n) is 6.81. The number of nitrogens with zero attached hydrogens (tertiary/aromatic N) is 1. The van der Waals surface area contributed by atoms with Crippen molar-refractivity contribution in [1.82, 2.24) is 10.2 Å². The standard InChI is InChI=1S/C13H24N2O4/c1-4-18-12(16)9-15(8-10(2)3)13(17)11-7-14-5-6-19-11/h10-11,14H,4-9H2,1-3H3. The molecule has 0 spiro atoms. The lowest BCUT2D eigenvalue weighted by Crippen LogP contribution is -2.51. The number of esters is 1. The van der Waals surface area contributed by atoms with Crippen LogP contribution in [0.5, 0.6) is 0 Å². The first-order valence-corrected chi connectivity index (χ1v) is 6.81. The molecule has 0 aromatic carbocycles. The van der Waals surface area contributed by atoms with Crippen molar-refractivity contribution in [1.29, 1.82) is 0 Å². The number of ether oxygens (including phenoxy) is 2. The summed E-state index contributed by atoms with van der Waals surface area (Å²) < 4.78 is 10.3. The molecule has 0 aromatic heterocycles. The van der Waals surface area contributed by atoms with Gasteiger partial charge < -0.3 is 19.7 Å². The minimum absolute atomic E-state index is 0.00921. The summed E-state index contributed by atoms with van der Waals surface area (Å²) in [6.07, 6.45) is -0.498. The van der Waals surface area contributed by atoms with Crippen molar-refractivity contribution in [3.8, 4) is 0 Å². The van der Waals surface area contributed by atoms with Gasteiger partial charge in [0, 0.05) is 19.6 Å². The molecule has 1 saturated heterocycles. The number of amides is 1. The van der Waals surface area contributed by atoms with Crippen LogP contribution >= 0.6 is 0 Å². The molecule has 1 rings (SSSR count). The van der Waals surface area contributed by atoms with Gasteiger partial charge in [-0.2, -0.15) is 0 Å². The maximum absolute atomic E-state index is 12.3. The summed E-state index contributed by atoms with van der Waals surface area (Å²) in [5, 5.41) is 3.11. The van der Waals surface area contributed by atoms with Crippen LogP contribution in [0.1, 0.15) is 20.8 Å². The van der Waals surface area contributed by atoms with Gasteiger partial charge >= 0.3 is 5.97 Å². The molecular formula is C13H24N2O4. The Labute approximate surface area is 114 Å². The number of morpholine rings is 1. The van der Waals surface area contributed by atoms with Crippen LogP contribution in [0, 0.1) is 5.92 Å². The predicted molar refractivity (Wildman–Crippen MR) is 70.7 cm³/mol. The molecule has 6 nitrogen and oxygen atoms in total. The molecule has 1 aliphatic rings. The van der Waals surface area contributed by atoms with Crippen LogP contribution in [0.3, 0.4) is 0 Å². The average Bonchev–Trinajstić information content (AvgIpc) is 2.38. The molecule has 6 heteroatoms. The highest BCUT2D eigenvalue weighted by atomic mass is 16.5. The van der Waals surface area contributed by atoms with Gasteiger partial charge in [0.2, 0.25) is 0 Å². The number of rotatable bonds is 6. The van der Waals surface area contributed by atoms with Crippen molar-refractivity contribution in [2.24, 2.45) is 5.92 Å². The van der Waals surface area contributed by atoms with Gasteiger partial charge in [0.15, 0.2) is 0 Å². The minimum atomic E-state index is -0.498. The highest BCUT2D eigenvalue weighted by Crippen LogP contribution is 2.06. The largest absolute Gasteiger partial charge is 0.465 e. The van der Waals surface area contributed by atoms with E-state index in [-0.39, 0.29) is 24.3 Å². The number of hydrogen-bond donors (Lipinski definition) is 1. The zero-order chi connectivity index (χ0) is 14.3. The third-order valence-corrected chi connectivity index (χ3v) is 2.73. The van der Waals surface area contributed by atoms with E-state index in [0.29, 0.717) is 26.3 Å². The van der Waals surface area contributed by atoms with E-state index in [2.05, 4.69) is 5.32 Å². The lowest BCUT2D eigenvalue weighted by Gasteiger charge is -2.30. The van der Waals surface area contributed by atoms with Crippen molar-refractivity contribution >= 4 is 11.9 Å². The van der Waals surface area contributed by atoms with E-state index in [1.54, 1.807) is 6.92 Å². The summed E-state index contributed by atoms with van der Waals surface area (Å²) in [4.78, 5) is 25.4. The van der Waals surface area contributed by atoms with Gasteiger partial charge in [-0.15, -0.1) is 0 Å². The van der Waals surface area contributed by atoms with E-state index in [0.717, 1.165) is 6.54 Å². The third kappa shape index (κ3) is 5.57. The first-order chi connectivity index (χ1) is 9.04. The molecular weight excluding hydrogens is 248 g/mol. The topological polar surface area (TPSA) is 67.9 Å². The molecule has 110 valence electrons. The minimum Gasteiger partial charge on any atom is -0.465 e. The van der Waals surface area contributed by atoms with Gasteiger partial charge in [-0.25, -0.2) is 0 Å². The van der Waals surface area contributed by atoms with Crippen molar-refractivity contribution in [2.75, 3.05) is 39.4 Å². The Morgan fingerprint density at radius 2 is 2.21 bits per heavy atom. The zero-order valence-electron chi connectivity index (χ0n) is 12.0. The van der Waals surface area contributed by atoms with Crippen LogP contribution in [0.25, 0.3) is 0 Å². The SMILES string of the molecule is CCOC(=O)CN(CC(C)C)C(=O)C1CNCCO1. The normalized spacial score (nSPS) is 19.3. The van der Waals surface area contributed by atoms with E-state index in [9.17, 15) is 9.59 Å². The van der Waals surface area contributed by atoms with Crippen molar-refractivity contribution in [3.05, 3.63) is 0 Å². The number of carbonyl (C=O) groups is 2. The summed E-state index contributed by atoms with van der Waals surface area (Å²) >= 11 is 0. The molecule has 1 heterocycles. The number of nitrogens with one attached hydrogen (secondary N) is 1. The molecule has 1 aliphatic heterocycles. The fourth-order valence-corrected chi connectivity index (χ4v) is 1.96. The number of carbonyl (C=O) groups excluding carboxylic acids is 2. The molecule has 0 aliphatic carbocycles. The van der Waals surface area contributed by atoms with E-state index in [1.165, 1.54) is 4.90 Å². The Bertz CT molecular complexity index is 301. The summed E-state index contributed by atoms with van der Waals surface area (Å²) in [6, 6.07) is 0. The monoisotopic (exact) mass is 272 g/mol. The smallest absolute Gasteiger partial charge is 0.325 e. The highest BCUT2D eigenvalue weighted by molar-refractivity contribution is 5.85. The molecule has 0 bridgehead atoms. The summed E-state index contributed by atoms with van der Waals surface area (Å²) in [5.41, 5.74) is 0. The Morgan fingerprint density at radius 3 is 2.74 bits per heavy atom. The summed E-state index contributed by atoms with van der Waals surface area (Å²) in [6.45, 7) is 8.37. The molecule has 1 atom stereocenters. The van der Waals surface area contributed by atoms with Crippen LogP contribution in [0.2, 0.25) is 0 Å². The summed E-state index contributed by atoms with van der Waals surface area (Å²) in [7, 11) is 0. The van der Waals surface area contributed by atoms with Crippen molar-refractivity contribution in [3.63, 3.8) is 0 Å². The Hall–Kier alpha value is -1.14. The molecule has 1 unspecified atom stereocenters. The molecule has 0 aromatic rings. The zero-order valence-corrected chi connectivity index (χ0v) is 12.0. The predicted octanol–water partition coefficient (Wildman–Crippen LogP) is 0.0225. The maximum Gasteiger partial charge on any atom is 0.325 e. The lowest BCUT2D eigenvalue weighted by atomic mass is 10.2. The quantitative estimate of drug-likeness (QED) is 0.691. The van der Waals surface area contributed by atoms with E-state index in [4.69, 9.17) is 9.47 Å². The van der Waals surface area contributed by atoms with Crippen LogP contribution in [-0.4, -0.2) is 62.3 Å². The van der Waals surface area contributed by atoms with E-state index >= 15 is 0 Å². The Kier molecular flexibility index (Phi) is 6.80. The van der Waals surface area contributed by atoms with Gasteiger partial charge in [-0.1, -0.05) is 13.8 Å². The molecule has 1 N–H and O–H groups in total. The van der Waals surface area contributed by atoms with Gasteiger partial charge in [0.25, 0.3) is 5.91 Å². The molecule has 1 amide bonds. The fraction of sp³-hybridized carbons (Fsp3) is 0.846. The van der Waals surface area contributed by atoms with Crippen LogP contribution in [0.4, 0.5) is 0 Å². The second-order valence-electron chi connectivity index (χ2n) is 4.98. The van der Waals surface area contributed by atoms with Crippen LogP contribution in [0.15, 0.2) is 0 Å². The lowest BCUT2D eigenvalue weighted by molar-refractivity contribution is -0.154. The third-order valence-electron chi connectivity index (χ3n) is 2.73. The van der Waals surface area contributed by atoms with Gasteiger partial charge in [0.1, 0.15) is 12.6 Å². The van der Waals surface area contributed by atoms with Crippen molar-refractivity contribution < 1.29 is 19.1 Å². The Morgan fingerprint density at radius 1 is 1.47 bits per heavy atom. The van der Waals surface area contributed by atoms with Crippen LogP contribution < -0.4 is 5.32 Å². The van der Waals surface area contributed by atoms with Gasteiger partial charge in [-0.05, 0) is 12.8 Å². The fourth-order valence-electron chi connectivity index (χ4n) is 1.96. The second kappa shape index (κ2) is 8.12.